The zero-order valence-corrected chi connectivity index (χ0v) is 13.1. The number of anilines is 3. The molecule has 0 unspecified atom stereocenters. The lowest BCUT2D eigenvalue weighted by molar-refractivity contribution is 0.423. The molecule has 9 nitrogen and oxygen atoms in total. The maximum atomic E-state index is 4.86. The van der Waals surface area contributed by atoms with Crippen molar-refractivity contribution in [3.8, 4) is 5.95 Å². The van der Waals surface area contributed by atoms with E-state index in [1.165, 1.54) is 6.26 Å². The van der Waals surface area contributed by atoms with Crippen LogP contribution in [-0.4, -0.2) is 36.7 Å². The molecule has 4 rings (SSSR count). The molecule has 0 aliphatic carbocycles. The van der Waals surface area contributed by atoms with Gasteiger partial charge in [-0.3, -0.25) is 0 Å². The highest BCUT2D eigenvalue weighted by molar-refractivity contribution is 5.81. The number of imidazole rings is 1. The van der Waals surface area contributed by atoms with Crippen LogP contribution in [0.4, 0.5) is 17.7 Å². The number of para-hydroxylation sites is 2. The Hall–Kier alpha value is -3.49. The summed E-state index contributed by atoms with van der Waals surface area (Å²) < 4.78 is 6.68. The number of benzene rings is 1. The van der Waals surface area contributed by atoms with Gasteiger partial charge in [0.15, 0.2) is 5.82 Å². The standard InChI is InChI=1S/C15H14N8O/c1-9-17-13(16-2)21-14(18-9)23-11-6-4-3-5-10(11)19-15(23)20-12-7-8-24-22-12/h3-8H,1-2H3,(H,19,20,22)(H,16,17,18,21). The van der Waals surface area contributed by atoms with Gasteiger partial charge in [0.1, 0.15) is 12.1 Å². The van der Waals surface area contributed by atoms with E-state index in [9.17, 15) is 0 Å². The van der Waals surface area contributed by atoms with Crippen LogP contribution >= 0.6 is 0 Å². The number of hydrogen-bond acceptors (Lipinski definition) is 8. The fourth-order valence-corrected chi connectivity index (χ4v) is 2.38. The van der Waals surface area contributed by atoms with Crippen LogP contribution in [0.2, 0.25) is 0 Å². The number of rotatable bonds is 4. The largest absolute Gasteiger partial charge is 0.363 e. The fraction of sp³-hybridized carbons (Fsp3) is 0.133. The van der Waals surface area contributed by atoms with Crippen LogP contribution in [0.3, 0.4) is 0 Å². The van der Waals surface area contributed by atoms with Gasteiger partial charge in [0, 0.05) is 13.1 Å². The average molecular weight is 322 g/mol. The van der Waals surface area contributed by atoms with Crippen molar-refractivity contribution in [2.24, 2.45) is 0 Å². The maximum absolute atomic E-state index is 4.86. The van der Waals surface area contributed by atoms with E-state index in [-0.39, 0.29) is 0 Å². The Morgan fingerprint density at radius 1 is 1.04 bits per heavy atom. The maximum Gasteiger partial charge on any atom is 0.242 e. The number of nitrogens with one attached hydrogen (secondary N) is 2. The molecule has 3 heterocycles. The Bertz CT molecular complexity index is 992. The lowest BCUT2D eigenvalue weighted by Gasteiger charge is -2.09. The van der Waals surface area contributed by atoms with E-state index in [0.717, 1.165) is 11.0 Å². The predicted octanol–water partition coefficient (Wildman–Crippen LogP) is 2.29. The van der Waals surface area contributed by atoms with Crippen molar-refractivity contribution in [3.63, 3.8) is 0 Å². The van der Waals surface area contributed by atoms with Crippen LogP contribution in [0.5, 0.6) is 0 Å². The Balaban J connectivity index is 1.93. The third kappa shape index (κ3) is 2.41. The van der Waals surface area contributed by atoms with Crippen LogP contribution in [-0.2, 0) is 0 Å². The summed E-state index contributed by atoms with van der Waals surface area (Å²) in [6, 6.07) is 9.45. The van der Waals surface area contributed by atoms with Crippen LogP contribution in [0.15, 0.2) is 41.1 Å². The summed E-state index contributed by atoms with van der Waals surface area (Å²) in [7, 11) is 1.76. The number of aryl methyl sites for hydroxylation is 1. The van der Waals surface area contributed by atoms with Gasteiger partial charge in [-0.05, 0) is 19.1 Å². The van der Waals surface area contributed by atoms with Gasteiger partial charge in [-0.25, -0.2) is 9.55 Å². The molecule has 0 saturated carbocycles. The number of aromatic nitrogens is 6. The SMILES string of the molecule is CNc1nc(C)nc(-n2c(Nc3ccon3)nc3ccccc32)n1. The zero-order chi connectivity index (χ0) is 16.5. The highest BCUT2D eigenvalue weighted by atomic mass is 16.5. The van der Waals surface area contributed by atoms with Crippen molar-refractivity contribution in [2.45, 2.75) is 6.92 Å². The minimum atomic E-state index is 0.464. The molecule has 3 aromatic heterocycles. The summed E-state index contributed by atoms with van der Waals surface area (Å²) in [4.78, 5) is 17.7. The van der Waals surface area contributed by atoms with E-state index in [4.69, 9.17) is 4.52 Å². The van der Waals surface area contributed by atoms with E-state index in [0.29, 0.717) is 29.5 Å². The second-order valence-corrected chi connectivity index (χ2v) is 5.03. The van der Waals surface area contributed by atoms with Gasteiger partial charge in [0.2, 0.25) is 17.8 Å². The van der Waals surface area contributed by atoms with Gasteiger partial charge in [-0.15, -0.1) is 0 Å². The van der Waals surface area contributed by atoms with Gasteiger partial charge in [0.25, 0.3) is 0 Å². The Labute approximate surface area is 136 Å². The minimum absolute atomic E-state index is 0.464. The van der Waals surface area contributed by atoms with E-state index in [1.54, 1.807) is 13.1 Å². The van der Waals surface area contributed by atoms with E-state index in [1.807, 2.05) is 35.8 Å². The first-order chi connectivity index (χ1) is 11.7. The molecule has 0 aliphatic heterocycles. The molecule has 0 saturated heterocycles. The van der Waals surface area contributed by atoms with Crippen molar-refractivity contribution in [2.75, 3.05) is 17.7 Å². The lowest BCUT2D eigenvalue weighted by atomic mass is 10.3. The molecule has 9 heteroatoms. The summed E-state index contributed by atoms with van der Waals surface area (Å²) in [5, 5.41) is 9.93. The summed E-state index contributed by atoms with van der Waals surface area (Å²) in [6.45, 7) is 1.82. The Morgan fingerprint density at radius 2 is 1.92 bits per heavy atom. The molecule has 0 spiro atoms. The molecular formula is C15H14N8O. The summed E-state index contributed by atoms with van der Waals surface area (Å²) in [5.41, 5.74) is 1.68. The van der Waals surface area contributed by atoms with E-state index in [2.05, 4.69) is 35.7 Å². The van der Waals surface area contributed by atoms with Gasteiger partial charge < -0.3 is 15.2 Å². The van der Waals surface area contributed by atoms with Gasteiger partial charge >= 0.3 is 0 Å². The minimum Gasteiger partial charge on any atom is -0.363 e. The molecular weight excluding hydrogens is 308 g/mol. The third-order valence-corrected chi connectivity index (χ3v) is 3.40. The first kappa shape index (κ1) is 14.1. The smallest absolute Gasteiger partial charge is 0.242 e. The third-order valence-electron chi connectivity index (χ3n) is 3.40. The van der Waals surface area contributed by atoms with E-state index < -0.39 is 0 Å². The monoisotopic (exact) mass is 322 g/mol. The molecule has 0 amide bonds. The van der Waals surface area contributed by atoms with Crippen LogP contribution in [0, 0.1) is 6.92 Å². The van der Waals surface area contributed by atoms with Crippen LogP contribution in [0.25, 0.3) is 17.0 Å². The molecule has 0 radical (unpaired) electrons. The van der Waals surface area contributed by atoms with Gasteiger partial charge in [-0.1, -0.05) is 17.3 Å². The molecule has 0 atom stereocenters. The fourth-order valence-electron chi connectivity index (χ4n) is 2.38. The summed E-state index contributed by atoms with van der Waals surface area (Å²) >= 11 is 0. The van der Waals surface area contributed by atoms with Crippen LogP contribution in [0.1, 0.15) is 5.82 Å². The number of hydrogen-bond donors (Lipinski definition) is 2. The molecule has 1 aromatic carbocycles. The zero-order valence-electron chi connectivity index (χ0n) is 13.1. The topological polar surface area (TPSA) is 107 Å². The second kappa shape index (κ2) is 5.61. The molecule has 0 fully saturated rings. The quantitative estimate of drug-likeness (QED) is 0.589. The summed E-state index contributed by atoms with van der Waals surface area (Å²) in [5.74, 6) is 2.65. The molecule has 0 bridgehead atoms. The molecule has 24 heavy (non-hydrogen) atoms. The lowest BCUT2D eigenvalue weighted by Crippen LogP contribution is -2.10. The molecule has 120 valence electrons. The van der Waals surface area contributed by atoms with Crippen molar-refractivity contribution >= 4 is 28.7 Å². The highest BCUT2D eigenvalue weighted by Crippen LogP contribution is 2.25. The normalized spacial score (nSPS) is 10.9. The number of nitrogens with zero attached hydrogens (tertiary/aromatic N) is 6. The Morgan fingerprint density at radius 3 is 2.71 bits per heavy atom. The van der Waals surface area contributed by atoms with Gasteiger partial charge in [0.05, 0.1) is 11.0 Å². The number of fused-ring (bicyclic) bond motifs is 1. The first-order valence-electron chi connectivity index (χ1n) is 7.30. The molecule has 0 aliphatic rings. The van der Waals surface area contributed by atoms with Gasteiger partial charge in [-0.2, -0.15) is 15.0 Å². The highest BCUT2D eigenvalue weighted by Gasteiger charge is 2.16. The van der Waals surface area contributed by atoms with Crippen LogP contribution < -0.4 is 10.6 Å². The predicted molar refractivity (Wildman–Crippen MR) is 88.5 cm³/mol. The summed E-state index contributed by atoms with van der Waals surface area (Å²) in [6.07, 6.45) is 1.49. The van der Waals surface area contributed by atoms with Crippen molar-refractivity contribution in [1.29, 1.82) is 0 Å². The van der Waals surface area contributed by atoms with Crippen molar-refractivity contribution in [1.82, 2.24) is 29.7 Å². The first-order valence-corrected chi connectivity index (χ1v) is 7.30. The van der Waals surface area contributed by atoms with Crippen molar-refractivity contribution < 1.29 is 4.52 Å². The molecule has 4 aromatic rings. The van der Waals surface area contributed by atoms with E-state index >= 15 is 0 Å². The average Bonchev–Trinajstić information content (AvgIpc) is 3.21. The second-order valence-electron chi connectivity index (χ2n) is 5.03. The Kier molecular flexibility index (Phi) is 3.30. The molecule has 2 N–H and O–H groups in total. The van der Waals surface area contributed by atoms with Crippen molar-refractivity contribution in [3.05, 3.63) is 42.4 Å².